The first-order valence-electron chi connectivity index (χ1n) is 7.43. The summed E-state index contributed by atoms with van der Waals surface area (Å²) in [7, 11) is 0. The number of halogens is 4. The van der Waals surface area contributed by atoms with E-state index in [0.29, 0.717) is 17.7 Å². The number of carbonyl (C=O) groups excluding carboxylic acids is 1. The molecule has 0 unspecified atom stereocenters. The summed E-state index contributed by atoms with van der Waals surface area (Å²) >= 11 is 5.98. The van der Waals surface area contributed by atoms with Crippen LogP contribution in [-0.2, 0) is 11.0 Å². The number of amides is 1. The lowest BCUT2D eigenvalue weighted by atomic mass is 10.1. The van der Waals surface area contributed by atoms with Crippen molar-refractivity contribution in [2.45, 2.75) is 6.18 Å². The number of rotatable bonds is 7. The van der Waals surface area contributed by atoms with Gasteiger partial charge in [-0.2, -0.15) is 18.3 Å². The van der Waals surface area contributed by atoms with Crippen LogP contribution in [0.1, 0.15) is 11.1 Å². The fraction of sp³-hybridized carbons (Fsp3) is 0.125. The van der Waals surface area contributed by atoms with E-state index in [4.69, 9.17) is 22.1 Å². The molecule has 0 saturated heterocycles. The minimum Gasteiger partial charge on any atom is -0.482 e. The maximum Gasteiger partial charge on any atom is 0.416 e. The fourth-order valence-corrected chi connectivity index (χ4v) is 2.24. The summed E-state index contributed by atoms with van der Waals surface area (Å²) in [5.74, 6) is -0.465. The van der Waals surface area contributed by atoms with E-state index in [2.05, 4.69) is 10.5 Å². The minimum absolute atomic E-state index is 0.158. The van der Waals surface area contributed by atoms with Gasteiger partial charge >= 0.3 is 6.18 Å². The molecule has 0 saturated carbocycles. The Morgan fingerprint density at radius 3 is 2.61 bits per heavy atom. The molecule has 2 rings (SSSR count). The number of anilines is 1. The molecule has 0 aliphatic carbocycles. The zero-order chi connectivity index (χ0) is 20.9. The van der Waals surface area contributed by atoms with Gasteiger partial charge < -0.3 is 10.5 Å². The Morgan fingerprint density at radius 2 is 2.04 bits per heavy atom. The van der Waals surface area contributed by atoms with Gasteiger partial charge in [-0.1, -0.05) is 11.6 Å². The van der Waals surface area contributed by atoms with Crippen LogP contribution >= 0.6 is 11.6 Å². The normalized spacial score (nSPS) is 11.4. The number of primary amides is 1. The molecule has 0 fully saturated rings. The topological polar surface area (TPSA) is 120 Å². The van der Waals surface area contributed by atoms with E-state index in [9.17, 15) is 28.1 Å². The van der Waals surface area contributed by atoms with Gasteiger partial charge in [0, 0.05) is 6.07 Å². The molecule has 0 spiro atoms. The number of nitrogens with two attached hydrogens (primary N) is 1. The van der Waals surface area contributed by atoms with Crippen molar-refractivity contribution in [2.24, 2.45) is 10.8 Å². The Hall–Kier alpha value is -3.34. The average Bonchev–Trinajstić information content (AvgIpc) is 2.60. The van der Waals surface area contributed by atoms with Gasteiger partial charge in [-0.05, 0) is 35.9 Å². The Morgan fingerprint density at radius 1 is 1.32 bits per heavy atom. The van der Waals surface area contributed by atoms with Crippen molar-refractivity contribution in [1.82, 2.24) is 0 Å². The molecular formula is C16H12ClF3N4O4. The molecule has 2 aromatic rings. The molecule has 148 valence electrons. The van der Waals surface area contributed by atoms with Crippen LogP contribution in [0.2, 0.25) is 5.02 Å². The van der Waals surface area contributed by atoms with Crippen LogP contribution in [0.4, 0.5) is 24.5 Å². The number of nitro groups is 1. The summed E-state index contributed by atoms with van der Waals surface area (Å²) in [6.07, 6.45) is -3.47. The number of nitrogens with one attached hydrogen (secondary N) is 1. The van der Waals surface area contributed by atoms with E-state index in [1.807, 2.05) is 0 Å². The molecule has 1 amide bonds. The molecule has 0 aromatic heterocycles. The molecule has 2 aromatic carbocycles. The number of nitrogens with zero attached hydrogens (tertiary/aromatic N) is 2. The average molecular weight is 417 g/mol. The molecule has 12 heteroatoms. The van der Waals surface area contributed by atoms with Crippen LogP contribution in [0.5, 0.6) is 5.75 Å². The monoisotopic (exact) mass is 416 g/mol. The molecule has 28 heavy (non-hydrogen) atoms. The highest BCUT2D eigenvalue weighted by Gasteiger charge is 2.33. The lowest BCUT2D eigenvalue weighted by Gasteiger charge is -2.08. The van der Waals surface area contributed by atoms with Gasteiger partial charge in [0.25, 0.3) is 11.6 Å². The second kappa shape index (κ2) is 8.57. The Kier molecular flexibility index (Phi) is 6.41. The van der Waals surface area contributed by atoms with Crippen LogP contribution in [-0.4, -0.2) is 23.7 Å². The van der Waals surface area contributed by atoms with Crippen LogP contribution in [0.25, 0.3) is 0 Å². The molecule has 0 atom stereocenters. The van der Waals surface area contributed by atoms with Crippen molar-refractivity contribution in [3.63, 3.8) is 0 Å². The lowest BCUT2D eigenvalue weighted by molar-refractivity contribution is -0.384. The fourth-order valence-electron chi connectivity index (χ4n) is 1.99. The van der Waals surface area contributed by atoms with Crippen molar-refractivity contribution >= 4 is 35.1 Å². The first-order chi connectivity index (χ1) is 13.1. The summed E-state index contributed by atoms with van der Waals surface area (Å²) in [6.45, 7) is -0.355. The maximum atomic E-state index is 12.7. The van der Waals surface area contributed by atoms with Crippen LogP contribution in [0.3, 0.4) is 0 Å². The van der Waals surface area contributed by atoms with Crippen molar-refractivity contribution in [1.29, 1.82) is 0 Å². The van der Waals surface area contributed by atoms with Gasteiger partial charge in [-0.3, -0.25) is 20.3 Å². The summed E-state index contributed by atoms with van der Waals surface area (Å²) in [5.41, 5.74) is 5.59. The third-order valence-electron chi connectivity index (χ3n) is 3.25. The van der Waals surface area contributed by atoms with E-state index in [1.165, 1.54) is 24.4 Å². The number of hydrogen-bond acceptors (Lipinski definition) is 6. The maximum absolute atomic E-state index is 12.7. The summed E-state index contributed by atoms with van der Waals surface area (Å²) in [5, 5.41) is 14.9. The first-order valence-corrected chi connectivity index (χ1v) is 7.81. The number of carbonyl (C=O) groups is 1. The third-order valence-corrected chi connectivity index (χ3v) is 3.54. The Bertz CT molecular complexity index is 935. The quantitative estimate of drug-likeness (QED) is 0.406. The zero-order valence-electron chi connectivity index (χ0n) is 13.9. The smallest absolute Gasteiger partial charge is 0.416 e. The standard InChI is InChI=1S/C16H12ClF3N4O4/c17-11-5-9(1-4-14(11)28-8-15(21)25)7-22-23-12-3-2-10(16(18,19)20)6-13(12)24(26)27/h1-7,23H,8H2,(H2,21,25). The Labute approximate surface area is 160 Å². The Balaban J connectivity index is 2.15. The highest BCUT2D eigenvalue weighted by molar-refractivity contribution is 6.32. The van der Waals surface area contributed by atoms with Gasteiger partial charge in [-0.15, -0.1) is 0 Å². The second-order valence-corrected chi connectivity index (χ2v) is 5.71. The van der Waals surface area contributed by atoms with E-state index in [1.54, 1.807) is 0 Å². The van der Waals surface area contributed by atoms with Crippen molar-refractivity contribution < 1.29 is 27.6 Å². The molecule has 0 aliphatic heterocycles. The molecule has 0 bridgehead atoms. The van der Waals surface area contributed by atoms with Gasteiger partial charge in [0.05, 0.1) is 21.7 Å². The number of hydrogen-bond donors (Lipinski definition) is 2. The molecule has 0 heterocycles. The molecule has 3 N–H and O–H groups in total. The number of nitro benzene ring substituents is 1. The highest BCUT2D eigenvalue weighted by Crippen LogP contribution is 2.35. The van der Waals surface area contributed by atoms with Crippen LogP contribution < -0.4 is 15.9 Å². The van der Waals surface area contributed by atoms with E-state index in [0.717, 1.165) is 6.07 Å². The first kappa shape index (κ1) is 21.0. The second-order valence-electron chi connectivity index (χ2n) is 5.30. The number of alkyl halides is 3. The molecule has 0 radical (unpaired) electrons. The predicted octanol–water partition coefficient (Wildman–Crippen LogP) is 3.58. The molecule has 0 aliphatic rings. The van der Waals surface area contributed by atoms with Crippen LogP contribution in [0, 0.1) is 10.1 Å². The summed E-state index contributed by atoms with van der Waals surface area (Å²) in [6, 6.07) is 6.43. The van der Waals surface area contributed by atoms with Crippen molar-refractivity contribution in [3.05, 3.63) is 62.7 Å². The van der Waals surface area contributed by atoms with Gasteiger partial charge in [0.15, 0.2) is 6.61 Å². The van der Waals surface area contributed by atoms with E-state index < -0.39 is 28.3 Å². The summed E-state index contributed by atoms with van der Waals surface area (Å²) in [4.78, 5) is 20.8. The van der Waals surface area contributed by atoms with E-state index in [-0.39, 0.29) is 23.1 Å². The van der Waals surface area contributed by atoms with E-state index >= 15 is 0 Å². The molecule has 8 nitrogen and oxygen atoms in total. The van der Waals surface area contributed by atoms with Gasteiger partial charge in [0.1, 0.15) is 11.4 Å². The highest BCUT2D eigenvalue weighted by atomic mass is 35.5. The van der Waals surface area contributed by atoms with Crippen molar-refractivity contribution in [2.75, 3.05) is 12.0 Å². The van der Waals surface area contributed by atoms with Gasteiger partial charge in [-0.25, -0.2) is 0 Å². The minimum atomic E-state index is -4.71. The molecular weight excluding hydrogens is 405 g/mol. The number of ether oxygens (including phenoxy) is 1. The zero-order valence-corrected chi connectivity index (χ0v) is 14.6. The number of benzene rings is 2. The predicted molar refractivity (Wildman–Crippen MR) is 95.5 cm³/mol. The van der Waals surface area contributed by atoms with Crippen LogP contribution in [0.15, 0.2) is 41.5 Å². The SMILES string of the molecule is NC(=O)COc1ccc(C=NNc2ccc(C(F)(F)F)cc2[N+](=O)[O-])cc1Cl. The third kappa shape index (κ3) is 5.58. The summed E-state index contributed by atoms with van der Waals surface area (Å²) < 4.78 is 43.1. The van der Waals surface area contributed by atoms with Gasteiger partial charge in [0.2, 0.25) is 0 Å². The largest absolute Gasteiger partial charge is 0.482 e. The lowest BCUT2D eigenvalue weighted by Crippen LogP contribution is -2.20. The van der Waals surface area contributed by atoms with Crippen molar-refractivity contribution in [3.8, 4) is 5.75 Å². The number of hydrazone groups is 1.